The minimum Gasteiger partial charge on any atom is -0.497 e. The Morgan fingerprint density at radius 3 is 2.67 bits per heavy atom. The molecule has 1 N–H and O–H groups in total. The second kappa shape index (κ2) is 6.66. The van der Waals surface area contributed by atoms with E-state index >= 15 is 0 Å². The molecule has 24 heavy (non-hydrogen) atoms. The molecule has 1 aromatic carbocycles. The second-order valence-electron chi connectivity index (χ2n) is 5.02. The number of nitrogens with zero attached hydrogens (tertiary/aromatic N) is 2. The van der Waals surface area contributed by atoms with Gasteiger partial charge in [0.1, 0.15) is 9.96 Å². The van der Waals surface area contributed by atoms with Gasteiger partial charge in [0.2, 0.25) is 0 Å². The van der Waals surface area contributed by atoms with Crippen molar-refractivity contribution in [2.75, 3.05) is 11.8 Å². The van der Waals surface area contributed by atoms with Crippen LogP contribution in [-0.2, 0) is 16.6 Å². The van der Waals surface area contributed by atoms with Crippen molar-refractivity contribution in [1.82, 2.24) is 9.78 Å². The van der Waals surface area contributed by atoms with Gasteiger partial charge in [-0.1, -0.05) is 0 Å². The molecular weight excluding hydrogens is 346 g/mol. The largest absolute Gasteiger partial charge is 0.497 e. The van der Waals surface area contributed by atoms with Crippen molar-refractivity contribution in [3.63, 3.8) is 0 Å². The smallest absolute Gasteiger partial charge is 0.271 e. The third kappa shape index (κ3) is 3.29. The van der Waals surface area contributed by atoms with Gasteiger partial charge in [-0.3, -0.25) is 9.40 Å². The SMILES string of the molecule is CCn1nccc1-c1csc(S(=O)(=O)Nc2ccc(OC)cc2)c1. The summed E-state index contributed by atoms with van der Waals surface area (Å²) in [5.41, 5.74) is 2.23. The van der Waals surface area contributed by atoms with Crippen LogP contribution >= 0.6 is 11.3 Å². The minimum absolute atomic E-state index is 0.261. The first-order valence-electron chi connectivity index (χ1n) is 7.31. The van der Waals surface area contributed by atoms with Crippen LogP contribution in [0.25, 0.3) is 11.3 Å². The first-order valence-corrected chi connectivity index (χ1v) is 9.67. The molecule has 3 aromatic rings. The topological polar surface area (TPSA) is 73.2 Å². The van der Waals surface area contributed by atoms with Gasteiger partial charge in [0.05, 0.1) is 12.8 Å². The van der Waals surface area contributed by atoms with E-state index < -0.39 is 10.0 Å². The summed E-state index contributed by atoms with van der Waals surface area (Å²) in [4.78, 5) is 0. The number of ether oxygens (including phenoxy) is 1. The summed E-state index contributed by atoms with van der Waals surface area (Å²) >= 11 is 1.18. The molecule has 0 unspecified atom stereocenters. The number of sulfonamides is 1. The Morgan fingerprint density at radius 1 is 1.25 bits per heavy atom. The van der Waals surface area contributed by atoms with Crippen LogP contribution in [0.1, 0.15) is 6.92 Å². The third-order valence-electron chi connectivity index (χ3n) is 3.49. The highest BCUT2D eigenvalue weighted by Gasteiger charge is 2.18. The number of thiophene rings is 1. The fourth-order valence-electron chi connectivity index (χ4n) is 2.29. The van der Waals surface area contributed by atoms with E-state index in [1.54, 1.807) is 43.6 Å². The Labute approximate surface area is 144 Å². The lowest BCUT2D eigenvalue weighted by atomic mass is 10.2. The van der Waals surface area contributed by atoms with Crippen LogP contribution in [0, 0.1) is 0 Å². The predicted octanol–water partition coefficient (Wildman–Crippen LogP) is 3.44. The summed E-state index contributed by atoms with van der Waals surface area (Å²) in [7, 11) is -2.06. The number of benzene rings is 1. The van der Waals surface area contributed by atoms with Gasteiger partial charge in [0.15, 0.2) is 0 Å². The monoisotopic (exact) mass is 363 g/mol. The zero-order chi connectivity index (χ0) is 17.2. The molecule has 0 saturated heterocycles. The molecule has 0 radical (unpaired) electrons. The van der Waals surface area contributed by atoms with E-state index in [2.05, 4.69) is 9.82 Å². The highest BCUT2D eigenvalue weighted by molar-refractivity contribution is 7.94. The molecule has 8 heteroatoms. The minimum atomic E-state index is -3.62. The van der Waals surface area contributed by atoms with Crippen molar-refractivity contribution in [2.24, 2.45) is 0 Å². The van der Waals surface area contributed by atoms with Crippen LogP contribution in [0.2, 0.25) is 0 Å². The molecule has 0 bridgehead atoms. The summed E-state index contributed by atoms with van der Waals surface area (Å²) < 4.78 is 34.8. The van der Waals surface area contributed by atoms with Crippen LogP contribution < -0.4 is 9.46 Å². The lowest BCUT2D eigenvalue weighted by Crippen LogP contribution is -2.11. The number of aromatic nitrogens is 2. The number of aryl methyl sites for hydroxylation is 1. The van der Waals surface area contributed by atoms with Crippen LogP contribution in [-0.4, -0.2) is 25.3 Å². The van der Waals surface area contributed by atoms with Gasteiger partial charge in [-0.25, -0.2) is 8.42 Å². The van der Waals surface area contributed by atoms with Crippen molar-refractivity contribution in [3.8, 4) is 17.0 Å². The maximum Gasteiger partial charge on any atom is 0.271 e. The number of nitrogens with one attached hydrogen (secondary N) is 1. The zero-order valence-corrected chi connectivity index (χ0v) is 14.9. The molecule has 0 atom stereocenters. The maximum atomic E-state index is 12.5. The highest BCUT2D eigenvalue weighted by Crippen LogP contribution is 2.29. The van der Waals surface area contributed by atoms with Gasteiger partial charge in [-0.05, 0) is 43.3 Å². The molecule has 126 valence electrons. The Hall–Kier alpha value is -2.32. The van der Waals surface area contributed by atoms with Crippen LogP contribution in [0.4, 0.5) is 5.69 Å². The molecule has 0 amide bonds. The average Bonchev–Trinajstić information content (AvgIpc) is 3.24. The molecule has 0 aliphatic rings. The predicted molar refractivity (Wildman–Crippen MR) is 95.0 cm³/mol. The Bertz CT molecular complexity index is 928. The number of rotatable bonds is 6. The van der Waals surface area contributed by atoms with Crippen LogP contribution in [0.5, 0.6) is 5.75 Å². The summed E-state index contributed by atoms with van der Waals surface area (Å²) in [5, 5.41) is 6.04. The van der Waals surface area contributed by atoms with Gasteiger partial charge in [0, 0.05) is 29.4 Å². The first-order chi connectivity index (χ1) is 11.5. The van der Waals surface area contributed by atoms with Crippen molar-refractivity contribution in [1.29, 1.82) is 0 Å². The number of anilines is 1. The van der Waals surface area contributed by atoms with Crippen LogP contribution in [0.3, 0.4) is 0 Å². The quantitative estimate of drug-likeness (QED) is 0.728. The van der Waals surface area contributed by atoms with Gasteiger partial charge in [0.25, 0.3) is 10.0 Å². The fraction of sp³-hybridized carbons (Fsp3) is 0.188. The third-order valence-corrected chi connectivity index (χ3v) is 6.32. The average molecular weight is 363 g/mol. The van der Waals surface area contributed by atoms with Crippen molar-refractivity contribution in [3.05, 3.63) is 48.0 Å². The molecule has 0 spiro atoms. The summed E-state index contributed by atoms with van der Waals surface area (Å²) in [6.45, 7) is 2.72. The highest BCUT2D eigenvalue weighted by atomic mass is 32.2. The van der Waals surface area contributed by atoms with E-state index in [9.17, 15) is 8.42 Å². The molecule has 6 nitrogen and oxygen atoms in total. The molecule has 3 rings (SSSR count). The lowest BCUT2D eigenvalue weighted by Gasteiger charge is -2.07. The van der Waals surface area contributed by atoms with Gasteiger partial charge in [-0.15, -0.1) is 11.3 Å². The van der Waals surface area contributed by atoms with E-state index in [1.165, 1.54) is 11.3 Å². The van der Waals surface area contributed by atoms with Crippen molar-refractivity contribution < 1.29 is 13.2 Å². The van der Waals surface area contributed by atoms with E-state index in [0.717, 1.165) is 17.8 Å². The maximum absolute atomic E-state index is 12.5. The molecule has 0 fully saturated rings. The van der Waals surface area contributed by atoms with E-state index in [0.29, 0.717) is 11.4 Å². The van der Waals surface area contributed by atoms with Crippen LogP contribution in [0.15, 0.2) is 52.2 Å². The van der Waals surface area contributed by atoms with Gasteiger partial charge < -0.3 is 4.74 Å². The number of hydrogen-bond acceptors (Lipinski definition) is 5. The molecule has 0 saturated carbocycles. The summed E-state index contributed by atoms with van der Waals surface area (Å²) in [6.07, 6.45) is 1.71. The van der Waals surface area contributed by atoms with E-state index in [1.807, 2.05) is 23.1 Å². The normalized spacial score (nSPS) is 11.4. The molecule has 0 aliphatic carbocycles. The van der Waals surface area contributed by atoms with Crippen molar-refractivity contribution >= 4 is 27.0 Å². The Kier molecular flexibility index (Phi) is 4.59. The zero-order valence-electron chi connectivity index (χ0n) is 13.3. The van der Waals surface area contributed by atoms with Gasteiger partial charge in [-0.2, -0.15) is 5.10 Å². The standard InChI is InChI=1S/C16H17N3O3S2/c1-3-19-15(8-9-17-19)12-10-16(23-11-12)24(20,21)18-13-4-6-14(22-2)7-5-13/h4-11,18H,3H2,1-2H3. The number of hydrogen-bond donors (Lipinski definition) is 1. The Morgan fingerprint density at radius 2 is 2.00 bits per heavy atom. The molecule has 2 aromatic heterocycles. The number of methoxy groups -OCH3 is 1. The summed E-state index contributed by atoms with van der Waals surface area (Å²) in [6, 6.07) is 10.3. The molecule has 2 heterocycles. The fourth-order valence-corrected chi connectivity index (χ4v) is 4.52. The molecule has 0 aliphatic heterocycles. The van der Waals surface area contributed by atoms with Gasteiger partial charge >= 0.3 is 0 Å². The van der Waals surface area contributed by atoms with Crippen molar-refractivity contribution in [2.45, 2.75) is 17.7 Å². The van der Waals surface area contributed by atoms with E-state index in [4.69, 9.17) is 4.74 Å². The first kappa shape index (κ1) is 16.5. The lowest BCUT2D eigenvalue weighted by molar-refractivity contribution is 0.415. The Balaban J connectivity index is 1.85. The molecular formula is C16H17N3O3S2. The van der Waals surface area contributed by atoms with E-state index in [-0.39, 0.29) is 4.21 Å². The summed E-state index contributed by atoms with van der Waals surface area (Å²) in [5.74, 6) is 0.671. The second-order valence-corrected chi connectivity index (χ2v) is 7.84.